The third-order valence-electron chi connectivity index (χ3n) is 3.22. The summed E-state index contributed by atoms with van der Waals surface area (Å²) < 4.78 is 0. The number of hydrogen-bond acceptors (Lipinski definition) is 1. The molecule has 0 aromatic heterocycles. The molecule has 0 aromatic rings. The van der Waals surface area contributed by atoms with E-state index in [1.807, 2.05) is 0 Å². The van der Waals surface area contributed by atoms with E-state index in [1.54, 1.807) is 0 Å². The van der Waals surface area contributed by atoms with Crippen LogP contribution >= 0.6 is 0 Å². The smallest absolute Gasteiger partial charge is 0.327 e. The Labute approximate surface area is 87.0 Å². The molecule has 0 heterocycles. The Hall–Kier alpha value is -0.790. The van der Waals surface area contributed by atoms with Gasteiger partial charge in [-0.15, -0.1) is 0 Å². The summed E-state index contributed by atoms with van der Waals surface area (Å²) >= 11 is 0. The summed E-state index contributed by atoms with van der Waals surface area (Å²) in [5.41, 5.74) is 0.637. The standard InChI is InChI=1S/C9H18.C3H4O2/c1-8-6-4-5-7-9(8,2)3;1-2-3(4)5/h8H,4-7H2,1-3H3;2H,1H2,(H,4,5). The van der Waals surface area contributed by atoms with Crippen LogP contribution in [0, 0.1) is 11.3 Å². The Balaban J connectivity index is 0.000000292. The number of carbonyl (C=O) groups is 1. The van der Waals surface area contributed by atoms with Crippen molar-refractivity contribution in [3.63, 3.8) is 0 Å². The van der Waals surface area contributed by atoms with Gasteiger partial charge in [-0.25, -0.2) is 4.79 Å². The summed E-state index contributed by atoms with van der Waals surface area (Å²) in [6.45, 7) is 10.1. The minimum atomic E-state index is -0.981. The highest BCUT2D eigenvalue weighted by Gasteiger charge is 2.27. The van der Waals surface area contributed by atoms with Gasteiger partial charge in [0.2, 0.25) is 0 Å². The van der Waals surface area contributed by atoms with Gasteiger partial charge < -0.3 is 5.11 Å². The van der Waals surface area contributed by atoms with Crippen molar-refractivity contribution in [2.24, 2.45) is 11.3 Å². The first-order valence-electron chi connectivity index (χ1n) is 5.25. The van der Waals surface area contributed by atoms with Gasteiger partial charge in [-0.3, -0.25) is 0 Å². The zero-order valence-corrected chi connectivity index (χ0v) is 9.55. The topological polar surface area (TPSA) is 37.3 Å². The average molecular weight is 198 g/mol. The molecule has 1 saturated carbocycles. The van der Waals surface area contributed by atoms with E-state index in [0.29, 0.717) is 5.41 Å². The molecule has 1 fully saturated rings. The molecule has 82 valence electrons. The minimum Gasteiger partial charge on any atom is -0.478 e. The second-order valence-corrected chi connectivity index (χ2v) is 4.68. The van der Waals surface area contributed by atoms with Gasteiger partial charge in [0.15, 0.2) is 0 Å². The average Bonchev–Trinajstić information content (AvgIpc) is 2.11. The largest absolute Gasteiger partial charge is 0.478 e. The minimum absolute atomic E-state index is 0.637. The van der Waals surface area contributed by atoms with Crippen molar-refractivity contribution in [2.75, 3.05) is 0 Å². The van der Waals surface area contributed by atoms with Crippen LogP contribution in [0.4, 0.5) is 0 Å². The van der Waals surface area contributed by atoms with Crippen molar-refractivity contribution in [1.82, 2.24) is 0 Å². The molecule has 1 aliphatic rings. The van der Waals surface area contributed by atoms with Crippen molar-refractivity contribution in [1.29, 1.82) is 0 Å². The van der Waals surface area contributed by atoms with E-state index in [4.69, 9.17) is 5.11 Å². The molecular weight excluding hydrogens is 176 g/mol. The van der Waals surface area contributed by atoms with Gasteiger partial charge in [0, 0.05) is 6.08 Å². The normalized spacial score (nSPS) is 24.4. The predicted molar refractivity (Wildman–Crippen MR) is 59.2 cm³/mol. The van der Waals surface area contributed by atoms with Gasteiger partial charge >= 0.3 is 5.97 Å². The Morgan fingerprint density at radius 3 is 2.21 bits per heavy atom. The van der Waals surface area contributed by atoms with Crippen LogP contribution < -0.4 is 0 Å². The summed E-state index contributed by atoms with van der Waals surface area (Å²) in [4.78, 5) is 9.25. The number of aliphatic carboxylic acids is 1. The molecule has 0 bridgehead atoms. The first-order valence-corrected chi connectivity index (χ1v) is 5.25. The second kappa shape index (κ2) is 5.84. The lowest BCUT2D eigenvalue weighted by Gasteiger charge is -2.36. The molecular formula is C12H22O2. The molecule has 1 atom stereocenters. The number of hydrogen-bond donors (Lipinski definition) is 1. The lowest BCUT2D eigenvalue weighted by Crippen LogP contribution is -2.24. The fraction of sp³-hybridized carbons (Fsp3) is 0.750. The summed E-state index contributed by atoms with van der Waals surface area (Å²) in [5.74, 6) is -0.0312. The van der Waals surface area contributed by atoms with E-state index >= 15 is 0 Å². The highest BCUT2D eigenvalue weighted by molar-refractivity contribution is 5.78. The second-order valence-electron chi connectivity index (χ2n) is 4.68. The van der Waals surface area contributed by atoms with Crippen LogP contribution in [-0.2, 0) is 4.79 Å². The van der Waals surface area contributed by atoms with Crippen molar-refractivity contribution < 1.29 is 9.90 Å². The zero-order valence-electron chi connectivity index (χ0n) is 9.55. The maximum Gasteiger partial charge on any atom is 0.327 e. The summed E-state index contributed by atoms with van der Waals surface area (Å²) in [6.07, 6.45) is 6.64. The first-order chi connectivity index (χ1) is 6.40. The van der Waals surface area contributed by atoms with Crippen LogP contribution in [0.5, 0.6) is 0 Å². The molecule has 0 aliphatic heterocycles. The van der Waals surface area contributed by atoms with Crippen LogP contribution in [0.3, 0.4) is 0 Å². The summed E-state index contributed by atoms with van der Waals surface area (Å²) in [6, 6.07) is 0. The highest BCUT2D eigenvalue weighted by atomic mass is 16.4. The Morgan fingerprint density at radius 2 is 2.00 bits per heavy atom. The molecule has 1 N–H and O–H groups in total. The summed E-state index contributed by atoms with van der Waals surface area (Å²) in [5, 5.41) is 7.60. The van der Waals surface area contributed by atoms with Gasteiger partial charge in [-0.05, 0) is 17.8 Å². The van der Waals surface area contributed by atoms with Gasteiger partial charge in [0.25, 0.3) is 0 Å². The van der Waals surface area contributed by atoms with Gasteiger partial charge in [0.1, 0.15) is 0 Å². The van der Waals surface area contributed by atoms with Crippen molar-refractivity contribution in [3.8, 4) is 0 Å². The van der Waals surface area contributed by atoms with Crippen LogP contribution in [0.1, 0.15) is 46.5 Å². The van der Waals surface area contributed by atoms with E-state index in [1.165, 1.54) is 25.7 Å². The maximum atomic E-state index is 9.25. The molecule has 14 heavy (non-hydrogen) atoms. The molecule has 1 rings (SSSR count). The third-order valence-corrected chi connectivity index (χ3v) is 3.22. The van der Waals surface area contributed by atoms with E-state index < -0.39 is 5.97 Å². The molecule has 1 unspecified atom stereocenters. The fourth-order valence-electron chi connectivity index (χ4n) is 1.67. The van der Waals surface area contributed by atoms with E-state index in [0.717, 1.165) is 12.0 Å². The highest BCUT2D eigenvalue weighted by Crippen LogP contribution is 2.39. The van der Waals surface area contributed by atoms with Gasteiger partial charge in [0.05, 0.1) is 0 Å². The van der Waals surface area contributed by atoms with E-state index in [2.05, 4.69) is 27.4 Å². The molecule has 2 nitrogen and oxygen atoms in total. The quantitative estimate of drug-likeness (QED) is 0.655. The fourth-order valence-corrected chi connectivity index (χ4v) is 1.67. The monoisotopic (exact) mass is 198 g/mol. The lowest BCUT2D eigenvalue weighted by atomic mass is 9.70. The lowest BCUT2D eigenvalue weighted by molar-refractivity contribution is -0.131. The molecule has 0 saturated heterocycles. The first kappa shape index (κ1) is 13.2. The summed E-state index contributed by atoms with van der Waals surface area (Å²) in [7, 11) is 0. The van der Waals surface area contributed by atoms with Crippen molar-refractivity contribution in [2.45, 2.75) is 46.5 Å². The van der Waals surface area contributed by atoms with E-state index in [-0.39, 0.29) is 0 Å². The van der Waals surface area contributed by atoms with Gasteiger partial charge in [-0.1, -0.05) is 46.6 Å². The van der Waals surface area contributed by atoms with Crippen molar-refractivity contribution in [3.05, 3.63) is 12.7 Å². The maximum absolute atomic E-state index is 9.25. The predicted octanol–water partition coefficient (Wildman–Crippen LogP) is 3.48. The zero-order chi connectivity index (χ0) is 11.2. The van der Waals surface area contributed by atoms with Crippen LogP contribution in [-0.4, -0.2) is 11.1 Å². The number of rotatable bonds is 1. The van der Waals surface area contributed by atoms with Crippen LogP contribution in [0.15, 0.2) is 12.7 Å². The molecule has 0 amide bonds. The Kier molecular flexibility index (Phi) is 5.51. The van der Waals surface area contributed by atoms with Gasteiger partial charge in [-0.2, -0.15) is 0 Å². The van der Waals surface area contributed by atoms with E-state index in [9.17, 15) is 4.79 Å². The number of carboxylic acids is 1. The third kappa shape index (κ3) is 5.05. The van der Waals surface area contributed by atoms with Crippen molar-refractivity contribution >= 4 is 5.97 Å². The van der Waals surface area contributed by atoms with Crippen LogP contribution in [0.25, 0.3) is 0 Å². The molecule has 0 spiro atoms. The van der Waals surface area contributed by atoms with Crippen LogP contribution in [0.2, 0.25) is 0 Å². The SMILES string of the molecule is C=CC(=O)O.CC1CCCCC1(C)C. The molecule has 0 radical (unpaired) electrons. The Bertz CT molecular complexity index is 194. The molecule has 2 heteroatoms. The number of carboxylic acid groups (broad SMARTS) is 1. The molecule has 0 aromatic carbocycles. The molecule has 1 aliphatic carbocycles. The Morgan fingerprint density at radius 1 is 1.50 bits per heavy atom.